The number of halogens is 1. The van der Waals surface area contributed by atoms with Crippen molar-refractivity contribution < 1.29 is 4.74 Å². The van der Waals surface area contributed by atoms with Gasteiger partial charge in [-0.05, 0) is 12.1 Å². The van der Waals surface area contributed by atoms with Crippen molar-refractivity contribution in [2.24, 2.45) is 5.73 Å². The first kappa shape index (κ1) is 13.0. The van der Waals surface area contributed by atoms with Crippen LogP contribution in [-0.4, -0.2) is 28.5 Å². The van der Waals surface area contributed by atoms with Gasteiger partial charge < -0.3 is 15.0 Å². The summed E-state index contributed by atoms with van der Waals surface area (Å²) < 4.78 is 7.02. The quantitative estimate of drug-likeness (QED) is 0.895. The number of rotatable bonds is 5. The summed E-state index contributed by atoms with van der Waals surface area (Å²) in [6, 6.07) is 7.54. The molecule has 1 aromatic heterocycles. The molecule has 2 N–H and O–H groups in total. The Morgan fingerprint density at radius 2 is 2.11 bits per heavy atom. The Morgan fingerprint density at radius 1 is 1.33 bits per heavy atom. The lowest BCUT2D eigenvalue weighted by Crippen LogP contribution is -2.12. The monoisotopic (exact) mass is 266 g/mol. The molecule has 0 bridgehead atoms. The second kappa shape index (κ2) is 5.95. The summed E-state index contributed by atoms with van der Waals surface area (Å²) in [5.41, 5.74) is 6.50. The summed E-state index contributed by atoms with van der Waals surface area (Å²) in [6.45, 7) is 1.56. The Balaban J connectivity index is 2.44. The summed E-state index contributed by atoms with van der Waals surface area (Å²) in [5.74, 6) is 1.44. The lowest BCUT2D eigenvalue weighted by atomic mass is 10.2. The highest BCUT2D eigenvalue weighted by Gasteiger charge is 2.14. The molecule has 0 aliphatic rings. The summed E-state index contributed by atoms with van der Waals surface area (Å²) in [6.07, 6.45) is 0. The number of nitrogens with zero attached hydrogens (tertiary/aromatic N) is 3. The van der Waals surface area contributed by atoms with Gasteiger partial charge in [0.1, 0.15) is 5.82 Å². The molecule has 0 aliphatic heterocycles. The molecule has 0 fully saturated rings. The number of benzene rings is 1. The normalized spacial score (nSPS) is 10.8. The molecular formula is C12H15ClN4O. The molecule has 1 aromatic carbocycles. The largest absolute Gasteiger partial charge is 0.383 e. The third-order valence-corrected chi connectivity index (χ3v) is 2.97. The predicted octanol–water partition coefficient (Wildman–Crippen LogP) is 1.70. The van der Waals surface area contributed by atoms with E-state index >= 15 is 0 Å². The van der Waals surface area contributed by atoms with Crippen molar-refractivity contribution in [3.05, 3.63) is 35.1 Å². The van der Waals surface area contributed by atoms with E-state index in [9.17, 15) is 0 Å². The van der Waals surface area contributed by atoms with E-state index in [1.165, 1.54) is 0 Å². The fourth-order valence-corrected chi connectivity index (χ4v) is 1.97. The molecular weight excluding hydrogens is 252 g/mol. The maximum absolute atomic E-state index is 6.17. The van der Waals surface area contributed by atoms with Gasteiger partial charge in [-0.15, -0.1) is 10.2 Å². The van der Waals surface area contributed by atoms with Crippen LogP contribution in [0.3, 0.4) is 0 Å². The minimum atomic E-state index is 0.334. The standard InChI is InChI=1S/C12H15ClN4O/c1-18-7-6-17-11(8-14)15-16-12(17)9-4-2-3-5-10(9)13/h2-5H,6-8,14H2,1H3. The molecule has 0 amide bonds. The number of aromatic nitrogens is 3. The van der Waals surface area contributed by atoms with Gasteiger partial charge in [0.2, 0.25) is 0 Å². The molecule has 0 atom stereocenters. The topological polar surface area (TPSA) is 66.0 Å². The Kier molecular flexibility index (Phi) is 4.30. The van der Waals surface area contributed by atoms with Crippen LogP contribution in [0.15, 0.2) is 24.3 Å². The van der Waals surface area contributed by atoms with Crippen molar-refractivity contribution in [1.29, 1.82) is 0 Å². The first-order valence-electron chi connectivity index (χ1n) is 5.64. The number of methoxy groups -OCH3 is 1. The van der Waals surface area contributed by atoms with Gasteiger partial charge in [0.25, 0.3) is 0 Å². The van der Waals surface area contributed by atoms with E-state index in [0.29, 0.717) is 24.7 Å². The van der Waals surface area contributed by atoms with E-state index in [4.69, 9.17) is 22.1 Å². The highest BCUT2D eigenvalue weighted by Crippen LogP contribution is 2.26. The average molecular weight is 267 g/mol. The first-order valence-corrected chi connectivity index (χ1v) is 6.01. The molecule has 2 aromatic rings. The summed E-state index contributed by atoms with van der Waals surface area (Å²) in [5, 5.41) is 8.89. The van der Waals surface area contributed by atoms with Crippen LogP contribution in [0.2, 0.25) is 5.02 Å². The van der Waals surface area contributed by atoms with Crippen LogP contribution < -0.4 is 5.73 Å². The zero-order chi connectivity index (χ0) is 13.0. The van der Waals surface area contributed by atoms with Gasteiger partial charge in [-0.25, -0.2) is 0 Å². The molecule has 0 aliphatic carbocycles. The van der Waals surface area contributed by atoms with E-state index in [1.807, 2.05) is 28.8 Å². The van der Waals surface area contributed by atoms with Crippen LogP contribution in [0.25, 0.3) is 11.4 Å². The van der Waals surface area contributed by atoms with Crippen molar-refractivity contribution in [1.82, 2.24) is 14.8 Å². The second-order valence-electron chi connectivity index (χ2n) is 3.77. The van der Waals surface area contributed by atoms with Gasteiger partial charge in [0, 0.05) is 19.2 Å². The van der Waals surface area contributed by atoms with E-state index < -0.39 is 0 Å². The number of ether oxygens (including phenoxy) is 1. The van der Waals surface area contributed by atoms with Crippen molar-refractivity contribution in [3.63, 3.8) is 0 Å². The zero-order valence-corrected chi connectivity index (χ0v) is 10.9. The molecule has 18 heavy (non-hydrogen) atoms. The minimum Gasteiger partial charge on any atom is -0.383 e. The molecule has 0 radical (unpaired) electrons. The van der Waals surface area contributed by atoms with Crippen LogP contribution >= 0.6 is 11.6 Å². The number of hydrogen-bond donors (Lipinski definition) is 1. The second-order valence-corrected chi connectivity index (χ2v) is 4.18. The smallest absolute Gasteiger partial charge is 0.165 e. The maximum atomic E-state index is 6.17. The molecule has 0 unspecified atom stereocenters. The molecule has 96 valence electrons. The fourth-order valence-electron chi connectivity index (χ4n) is 1.75. The van der Waals surface area contributed by atoms with E-state index in [1.54, 1.807) is 7.11 Å². The zero-order valence-electron chi connectivity index (χ0n) is 10.1. The molecule has 6 heteroatoms. The van der Waals surface area contributed by atoms with E-state index in [0.717, 1.165) is 17.2 Å². The summed E-state index contributed by atoms with van der Waals surface area (Å²) >= 11 is 6.17. The van der Waals surface area contributed by atoms with Crippen LogP contribution in [-0.2, 0) is 17.8 Å². The first-order chi connectivity index (χ1) is 8.77. The Bertz CT molecular complexity index is 527. The van der Waals surface area contributed by atoms with E-state index in [2.05, 4.69) is 10.2 Å². The lowest BCUT2D eigenvalue weighted by molar-refractivity contribution is 0.186. The van der Waals surface area contributed by atoms with Crippen molar-refractivity contribution in [3.8, 4) is 11.4 Å². The molecule has 5 nitrogen and oxygen atoms in total. The SMILES string of the molecule is COCCn1c(CN)nnc1-c1ccccc1Cl. The molecule has 1 heterocycles. The highest BCUT2D eigenvalue weighted by molar-refractivity contribution is 6.33. The van der Waals surface area contributed by atoms with Crippen LogP contribution in [0, 0.1) is 0 Å². The van der Waals surface area contributed by atoms with Gasteiger partial charge >= 0.3 is 0 Å². The highest BCUT2D eigenvalue weighted by atomic mass is 35.5. The molecule has 2 rings (SSSR count). The Labute approximate surface area is 111 Å². The number of nitrogens with two attached hydrogens (primary N) is 1. The van der Waals surface area contributed by atoms with Crippen LogP contribution in [0.4, 0.5) is 0 Å². The van der Waals surface area contributed by atoms with Gasteiger partial charge in [-0.2, -0.15) is 0 Å². The lowest BCUT2D eigenvalue weighted by Gasteiger charge is -2.09. The minimum absolute atomic E-state index is 0.334. The van der Waals surface area contributed by atoms with Gasteiger partial charge in [-0.3, -0.25) is 0 Å². The Hall–Kier alpha value is -1.43. The summed E-state index contributed by atoms with van der Waals surface area (Å²) in [7, 11) is 1.65. The maximum Gasteiger partial charge on any atom is 0.165 e. The van der Waals surface area contributed by atoms with Gasteiger partial charge in [-0.1, -0.05) is 23.7 Å². The molecule has 0 saturated heterocycles. The summed E-state index contributed by atoms with van der Waals surface area (Å²) in [4.78, 5) is 0. The molecule has 0 saturated carbocycles. The average Bonchev–Trinajstić information content (AvgIpc) is 2.79. The number of hydrogen-bond acceptors (Lipinski definition) is 4. The Morgan fingerprint density at radius 3 is 2.78 bits per heavy atom. The van der Waals surface area contributed by atoms with Gasteiger partial charge in [0.15, 0.2) is 5.82 Å². The predicted molar refractivity (Wildman–Crippen MR) is 70.2 cm³/mol. The third kappa shape index (κ3) is 2.53. The van der Waals surface area contributed by atoms with Crippen LogP contribution in [0.5, 0.6) is 0 Å². The van der Waals surface area contributed by atoms with Crippen molar-refractivity contribution in [2.75, 3.05) is 13.7 Å². The van der Waals surface area contributed by atoms with Crippen molar-refractivity contribution in [2.45, 2.75) is 13.1 Å². The molecule has 0 spiro atoms. The third-order valence-electron chi connectivity index (χ3n) is 2.64. The fraction of sp³-hybridized carbons (Fsp3) is 0.333. The van der Waals surface area contributed by atoms with Gasteiger partial charge in [0.05, 0.1) is 18.2 Å². The van der Waals surface area contributed by atoms with Crippen molar-refractivity contribution >= 4 is 11.6 Å². The van der Waals surface area contributed by atoms with Crippen LogP contribution in [0.1, 0.15) is 5.82 Å². The van der Waals surface area contributed by atoms with E-state index in [-0.39, 0.29) is 0 Å².